The molecule has 1 rings (SSSR count). The molecule has 134 valence electrons. The van der Waals surface area contributed by atoms with Gasteiger partial charge in [-0.15, -0.1) is 0 Å². The Morgan fingerprint density at radius 1 is 1.29 bits per heavy atom. The molecule has 0 aliphatic heterocycles. The lowest BCUT2D eigenvalue weighted by atomic mass is 10.1. The first-order valence-corrected chi connectivity index (χ1v) is 7.09. The van der Waals surface area contributed by atoms with E-state index in [4.69, 9.17) is 16.3 Å². The van der Waals surface area contributed by atoms with Crippen molar-refractivity contribution in [3.8, 4) is 5.75 Å². The number of nitrogens with one attached hydrogen (secondary N) is 2. The molecule has 2 N–H and O–H groups in total. The number of carbonyl (C=O) groups excluding carboxylic acids is 2. The zero-order valence-electron chi connectivity index (χ0n) is 13.1. The van der Waals surface area contributed by atoms with Crippen molar-refractivity contribution >= 4 is 29.2 Å². The van der Waals surface area contributed by atoms with Crippen molar-refractivity contribution in [3.63, 3.8) is 0 Å². The number of alkyl halides is 3. The number of amides is 1. The minimum atomic E-state index is -5.21. The summed E-state index contributed by atoms with van der Waals surface area (Å²) in [6, 6.07) is 3.83. The molecule has 0 heterocycles. The first-order chi connectivity index (χ1) is 11.1. The Labute approximate surface area is 141 Å². The Bertz CT molecular complexity index is 625. The van der Waals surface area contributed by atoms with Crippen molar-refractivity contribution in [2.24, 2.45) is 0 Å². The highest BCUT2D eigenvalue weighted by Crippen LogP contribution is 2.37. The summed E-state index contributed by atoms with van der Waals surface area (Å²) in [4.78, 5) is 23.4. The second-order valence-corrected chi connectivity index (χ2v) is 5.06. The quantitative estimate of drug-likeness (QED) is 0.596. The summed E-state index contributed by atoms with van der Waals surface area (Å²) in [5.41, 5.74) is -3.74. The molecule has 10 heteroatoms. The highest BCUT2D eigenvalue weighted by molar-refractivity contribution is 6.31. The summed E-state index contributed by atoms with van der Waals surface area (Å²) in [6.07, 6.45) is -5.21. The largest absolute Gasteiger partial charge is 0.495 e. The minimum absolute atomic E-state index is 0.0114. The molecule has 1 atom stereocenters. The molecule has 0 saturated heterocycles. The van der Waals surface area contributed by atoms with Crippen LogP contribution in [0, 0.1) is 0 Å². The molecule has 0 spiro atoms. The van der Waals surface area contributed by atoms with Gasteiger partial charge in [-0.3, -0.25) is 4.79 Å². The van der Waals surface area contributed by atoms with Gasteiger partial charge in [0.1, 0.15) is 5.75 Å². The topological polar surface area (TPSA) is 76.7 Å². The van der Waals surface area contributed by atoms with Crippen LogP contribution in [0.4, 0.5) is 18.9 Å². The predicted octanol–water partition coefficient (Wildman–Crippen LogP) is 2.72. The Balaban J connectivity index is 3.49. The first kappa shape index (κ1) is 19.9. The number of esters is 1. The van der Waals surface area contributed by atoms with Crippen molar-refractivity contribution in [2.45, 2.75) is 25.7 Å². The van der Waals surface area contributed by atoms with Crippen LogP contribution in [0.5, 0.6) is 5.75 Å². The molecule has 0 unspecified atom stereocenters. The van der Waals surface area contributed by atoms with Gasteiger partial charge in [0, 0.05) is 11.9 Å². The number of methoxy groups -OCH3 is 1. The second-order valence-electron chi connectivity index (χ2n) is 4.62. The summed E-state index contributed by atoms with van der Waals surface area (Å²) in [6.45, 7) is 1.87. The molecule has 0 saturated carbocycles. The second kappa shape index (κ2) is 7.61. The van der Waals surface area contributed by atoms with E-state index in [9.17, 15) is 22.8 Å². The van der Waals surface area contributed by atoms with E-state index in [0.29, 0.717) is 0 Å². The van der Waals surface area contributed by atoms with E-state index >= 15 is 0 Å². The number of hydrogen-bond acceptors (Lipinski definition) is 5. The third-order valence-corrected chi connectivity index (χ3v) is 3.09. The molecule has 0 aromatic heterocycles. The van der Waals surface area contributed by atoms with Gasteiger partial charge in [-0.2, -0.15) is 13.2 Å². The van der Waals surface area contributed by atoms with Crippen LogP contribution in [-0.2, 0) is 14.3 Å². The lowest BCUT2D eigenvalue weighted by Gasteiger charge is -2.35. The molecule has 1 aromatic rings. The van der Waals surface area contributed by atoms with Gasteiger partial charge in [-0.1, -0.05) is 11.6 Å². The Morgan fingerprint density at radius 3 is 2.38 bits per heavy atom. The van der Waals surface area contributed by atoms with E-state index in [1.54, 1.807) is 5.32 Å². The van der Waals surface area contributed by atoms with Crippen LogP contribution in [0.3, 0.4) is 0 Å². The Hall–Kier alpha value is -2.16. The smallest absolute Gasteiger partial charge is 0.441 e. The summed E-state index contributed by atoms with van der Waals surface area (Å²) in [5.74, 6) is -2.81. The summed E-state index contributed by atoms with van der Waals surface area (Å²) in [7, 11) is 1.23. The van der Waals surface area contributed by atoms with Crippen molar-refractivity contribution in [2.75, 3.05) is 19.0 Å². The molecule has 0 fully saturated rings. The Morgan fingerprint density at radius 2 is 1.92 bits per heavy atom. The van der Waals surface area contributed by atoms with E-state index in [2.05, 4.69) is 4.74 Å². The van der Waals surface area contributed by atoms with Crippen LogP contribution in [0.15, 0.2) is 18.2 Å². The fraction of sp³-hybridized carbons (Fsp3) is 0.429. The molecule has 0 radical (unpaired) electrons. The standard InChI is InChI=1S/C14H16ClF3N2O4/c1-4-24-12(22)13(14(16,17)18,19-8(2)21)20-10-7-9(15)5-6-11(10)23-3/h5-7,20H,4H2,1-3H3,(H,19,21)/t13-/m1/s1. The van der Waals surface area contributed by atoms with Gasteiger partial charge in [0.05, 0.1) is 19.4 Å². The summed E-state index contributed by atoms with van der Waals surface area (Å²) in [5, 5.41) is 3.65. The summed E-state index contributed by atoms with van der Waals surface area (Å²) < 4.78 is 50.5. The van der Waals surface area contributed by atoms with E-state index in [1.807, 2.05) is 5.32 Å². The van der Waals surface area contributed by atoms with E-state index in [0.717, 1.165) is 13.0 Å². The Kier molecular flexibility index (Phi) is 6.30. The fourth-order valence-corrected chi connectivity index (χ4v) is 2.05. The number of carbonyl (C=O) groups is 2. The van der Waals surface area contributed by atoms with Crippen LogP contribution >= 0.6 is 11.6 Å². The van der Waals surface area contributed by atoms with Crippen LogP contribution in [0.25, 0.3) is 0 Å². The minimum Gasteiger partial charge on any atom is -0.495 e. The normalized spacial score (nSPS) is 13.6. The predicted molar refractivity (Wildman–Crippen MR) is 80.9 cm³/mol. The SMILES string of the molecule is CCOC(=O)[C@@](NC(C)=O)(Nc1cc(Cl)ccc1OC)C(F)(F)F. The van der Waals surface area contributed by atoms with Gasteiger partial charge < -0.3 is 20.1 Å². The molecule has 24 heavy (non-hydrogen) atoms. The lowest BCUT2D eigenvalue weighted by molar-refractivity contribution is -0.207. The highest BCUT2D eigenvalue weighted by Gasteiger charge is 2.63. The molecular formula is C14H16ClF3N2O4. The zero-order chi connectivity index (χ0) is 18.5. The van der Waals surface area contributed by atoms with Crippen molar-refractivity contribution in [1.82, 2.24) is 5.32 Å². The van der Waals surface area contributed by atoms with Crippen molar-refractivity contribution < 1.29 is 32.2 Å². The lowest BCUT2D eigenvalue weighted by Crippen LogP contribution is -2.69. The molecule has 1 aromatic carbocycles. The van der Waals surface area contributed by atoms with Crippen LogP contribution in [-0.4, -0.2) is 37.4 Å². The molecule has 6 nitrogen and oxygen atoms in total. The third-order valence-electron chi connectivity index (χ3n) is 2.85. The van der Waals surface area contributed by atoms with Crippen LogP contribution < -0.4 is 15.4 Å². The average molecular weight is 369 g/mol. The third kappa shape index (κ3) is 4.22. The monoisotopic (exact) mass is 368 g/mol. The van der Waals surface area contributed by atoms with Crippen molar-refractivity contribution in [3.05, 3.63) is 23.2 Å². The number of anilines is 1. The zero-order valence-corrected chi connectivity index (χ0v) is 13.8. The number of benzene rings is 1. The maximum absolute atomic E-state index is 13.7. The number of halogens is 4. The van der Waals surface area contributed by atoms with Crippen molar-refractivity contribution in [1.29, 1.82) is 0 Å². The average Bonchev–Trinajstić information content (AvgIpc) is 2.45. The van der Waals surface area contributed by atoms with Gasteiger partial charge in [0.25, 0.3) is 0 Å². The molecule has 0 aliphatic carbocycles. The summed E-state index contributed by atoms with van der Waals surface area (Å²) >= 11 is 5.78. The van der Waals surface area contributed by atoms with E-state index in [1.165, 1.54) is 26.2 Å². The van der Waals surface area contributed by atoms with Gasteiger partial charge in [0.15, 0.2) is 0 Å². The van der Waals surface area contributed by atoms with Gasteiger partial charge in [0.2, 0.25) is 5.91 Å². The van der Waals surface area contributed by atoms with Crippen LogP contribution in [0.1, 0.15) is 13.8 Å². The highest BCUT2D eigenvalue weighted by atomic mass is 35.5. The number of rotatable bonds is 6. The maximum Gasteiger partial charge on any atom is 0.441 e. The fourth-order valence-electron chi connectivity index (χ4n) is 1.87. The van der Waals surface area contributed by atoms with Gasteiger partial charge >= 0.3 is 17.8 Å². The van der Waals surface area contributed by atoms with Gasteiger partial charge in [-0.25, -0.2) is 4.79 Å². The number of hydrogen-bond donors (Lipinski definition) is 2. The van der Waals surface area contributed by atoms with E-state index in [-0.39, 0.29) is 23.1 Å². The first-order valence-electron chi connectivity index (χ1n) is 6.71. The maximum atomic E-state index is 13.7. The molecular weight excluding hydrogens is 353 g/mol. The van der Waals surface area contributed by atoms with Gasteiger partial charge in [-0.05, 0) is 25.1 Å². The molecule has 0 bridgehead atoms. The number of ether oxygens (including phenoxy) is 2. The molecule has 0 aliphatic rings. The van der Waals surface area contributed by atoms with Crippen LogP contribution in [0.2, 0.25) is 5.02 Å². The molecule has 1 amide bonds. The van der Waals surface area contributed by atoms with E-state index < -0.39 is 23.7 Å².